The SMILES string of the molecule is CCN(C(=O)[C@H](c1ccccc1C)N(C(=O)[C@@H]1CCC(=O)N1c1ncccc1C)c1cccc(F)c1)C1CC(F)(F)C1. The van der Waals surface area contributed by atoms with Crippen molar-refractivity contribution in [3.8, 4) is 0 Å². The van der Waals surface area contributed by atoms with Gasteiger partial charge in [-0.15, -0.1) is 0 Å². The van der Waals surface area contributed by atoms with Gasteiger partial charge in [0.1, 0.15) is 23.7 Å². The minimum Gasteiger partial charge on any atom is -0.337 e. The predicted octanol–water partition coefficient (Wildman–Crippen LogP) is 5.75. The van der Waals surface area contributed by atoms with Crippen LogP contribution in [0, 0.1) is 19.7 Å². The fourth-order valence-electron chi connectivity index (χ4n) is 5.98. The Morgan fingerprint density at radius 3 is 2.40 bits per heavy atom. The van der Waals surface area contributed by atoms with E-state index in [1.54, 1.807) is 57.2 Å². The number of halogens is 3. The maximum absolute atomic E-state index is 14.7. The summed E-state index contributed by atoms with van der Waals surface area (Å²) in [5.41, 5.74) is 1.99. The molecule has 7 nitrogen and oxygen atoms in total. The number of alkyl halides is 2. The smallest absolute Gasteiger partial charge is 0.252 e. The summed E-state index contributed by atoms with van der Waals surface area (Å²) >= 11 is 0. The molecule has 2 heterocycles. The first kappa shape index (κ1) is 29.3. The van der Waals surface area contributed by atoms with E-state index in [4.69, 9.17) is 0 Å². The third kappa shape index (κ3) is 5.49. The minimum atomic E-state index is -2.86. The fourth-order valence-corrected chi connectivity index (χ4v) is 5.98. The molecule has 10 heteroatoms. The molecule has 1 aliphatic heterocycles. The normalized spacial score (nSPS) is 18.9. The van der Waals surface area contributed by atoms with Crippen LogP contribution in [0.4, 0.5) is 24.7 Å². The van der Waals surface area contributed by atoms with Gasteiger partial charge in [-0.2, -0.15) is 0 Å². The van der Waals surface area contributed by atoms with Crippen LogP contribution >= 0.6 is 0 Å². The van der Waals surface area contributed by atoms with E-state index in [0.717, 1.165) is 6.07 Å². The van der Waals surface area contributed by atoms with Crippen molar-refractivity contribution in [2.24, 2.45) is 0 Å². The van der Waals surface area contributed by atoms with Crippen molar-refractivity contribution in [1.82, 2.24) is 9.88 Å². The lowest BCUT2D eigenvalue weighted by atomic mass is 9.85. The minimum absolute atomic E-state index is 0.0879. The Morgan fingerprint density at radius 2 is 1.76 bits per heavy atom. The zero-order chi connectivity index (χ0) is 30.2. The Balaban J connectivity index is 1.65. The van der Waals surface area contributed by atoms with Gasteiger partial charge in [0.25, 0.3) is 17.7 Å². The number of anilines is 2. The molecule has 2 aromatic carbocycles. The van der Waals surface area contributed by atoms with Crippen molar-refractivity contribution in [3.05, 3.63) is 89.4 Å². The van der Waals surface area contributed by atoms with Gasteiger partial charge in [-0.05, 0) is 68.1 Å². The number of aryl methyl sites for hydroxylation is 2. The molecule has 1 aliphatic carbocycles. The highest BCUT2D eigenvalue weighted by molar-refractivity contribution is 6.11. The summed E-state index contributed by atoms with van der Waals surface area (Å²) in [6.45, 7) is 5.43. The zero-order valence-corrected chi connectivity index (χ0v) is 23.8. The van der Waals surface area contributed by atoms with Gasteiger partial charge >= 0.3 is 0 Å². The maximum Gasteiger partial charge on any atom is 0.252 e. The summed E-state index contributed by atoms with van der Waals surface area (Å²) in [6.07, 6.45) is 0.855. The molecule has 0 unspecified atom stereocenters. The van der Waals surface area contributed by atoms with Gasteiger partial charge in [0, 0.05) is 43.7 Å². The highest BCUT2D eigenvalue weighted by atomic mass is 19.3. The number of benzene rings is 2. The molecule has 2 atom stereocenters. The van der Waals surface area contributed by atoms with E-state index in [9.17, 15) is 27.6 Å². The van der Waals surface area contributed by atoms with Crippen molar-refractivity contribution in [1.29, 1.82) is 0 Å². The first-order valence-electron chi connectivity index (χ1n) is 14.1. The van der Waals surface area contributed by atoms with Crippen LogP contribution in [0.15, 0.2) is 66.9 Å². The molecule has 42 heavy (non-hydrogen) atoms. The largest absolute Gasteiger partial charge is 0.337 e. The average Bonchev–Trinajstić information content (AvgIpc) is 3.32. The number of rotatable bonds is 8. The summed E-state index contributed by atoms with van der Waals surface area (Å²) in [6, 6.07) is 12.9. The van der Waals surface area contributed by atoms with Crippen LogP contribution in [0.25, 0.3) is 0 Å². The molecule has 0 spiro atoms. The molecule has 3 aromatic rings. The second-order valence-electron chi connectivity index (χ2n) is 11.0. The van der Waals surface area contributed by atoms with Crippen LogP contribution in [0.3, 0.4) is 0 Å². The van der Waals surface area contributed by atoms with E-state index in [1.165, 1.54) is 39.1 Å². The molecule has 2 aliphatic rings. The van der Waals surface area contributed by atoms with E-state index in [0.29, 0.717) is 22.5 Å². The lowest BCUT2D eigenvalue weighted by Crippen LogP contribution is -2.57. The maximum atomic E-state index is 14.7. The van der Waals surface area contributed by atoms with Gasteiger partial charge in [0.2, 0.25) is 5.91 Å². The molecule has 1 saturated heterocycles. The molecule has 0 N–H and O–H groups in total. The first-order chi connectivity index (χ1) is 20.0. The Kier molecular flexibility index (Phi) is 8.08. The molecular weight excluding hydrogens is 545 g/mol. The second-order valence-corrected chi connectivity index (χ2v) is 11.0. The summed E-state index contributed by atoms with van der Waals surface area (Å²) in [5, 5.41) is 0. The quantitative estimate of drug-likeness (QED) is 0.341. The molecule has 2 fully saturated rings. The van der Waals surface area contributed by atoms with Crippen molar-refractivity contribution >= 4 is 29.2 Å². The summed E-state index contributed by atoms with van der Waals surface area (Å²) in [5.74, 6) is -4.57. The zero-order valence-electron chi connectivity index (χ0n) is 23.8. The Morgan fingerprint density at radius 1 is 1.05 bits per heavy atom. The molecule has 1 saturated carbocycles. The number of aromatic nitrogens is 1. The average molecular weight is 579 g/mol. The van der Waals surface area contributed by atoms with Crippen molar-refractivity contribution in [3.63, 3.8) is 0 Å². The van der Waals surface area contributed by atoms with E-state index in [-0.39, 0.29) is 31.0 Å². The van der Waals surface area contributed by atoms with Crippen molar-refractivity contribution in [2.45, 2.75) is 70.5 Å². The third-order valence-corrected chi connectivity index (χ3v) is 8.14. The highest BCUT2D eigenvalue weighted by Gasteiger charge is 2.51. The van der Waals surface area contributed by atoms with E-state index in [1.807, 2.05) is 0 Å². The number of pyridine rings is 1. The van der Waals surface area contributed by atoms with Gasteiger partial charge in [0.15, 0.2) is 0 Å². The standard InChI is InChI=1S/C32H33F3N4O3/c1-4-37(24-18-32(34,35)19-24)31(42)28(25-13-6-5-9-20(25)2)38(23-12-7-11-22(33)17-23)30(41)26-14-15-27(40)39(26)29-21(3)10-8-16-36-29/h5-13,16-17,24,26,28H,4,14-15,18-19H2,1-3H3/t26-,28-/m0/s1. The predicted molar refractivity (Wildman–Crippen MR) is 153 cm³/mol. The van der Waals surface area contributed by atoms with Gasteiger partial charge in [-0.25, -0.2) is 18.2 Å². The van der Waals surface area contributed by atoms with E-state index >= 15 is 0 Å². The van der Waals surface area contributed by atoms with Crippen LogP contribution in [-0.4, -0.2) is 52.2 Å². The van der Waals surface area contributed by atoms with Crippen LogP contribution in [0.2, 0.25) is 0 Å². The lowest BCUT2D eigenvalue weighted by Gasteiger charge is -2.45. The van der Waals surface area contributed by atoms with Crippen LogP contribution in [0.1, 0.15) is 55.3 Å². The Bertz CT molecular complexity index is 1510. The van der Waals surface area contributed by atoms with Gasteiger partial charge in [-0.1, -0.05) is 36.4 Å². The Hall–Kier alpha value is -4.21. The van der Waals surface area contributed by atoms with Crippen LogP contribution in [-0.2, 0) is 14.4 Å². The summed E-state index contributed by atoms with van der Waals surface area (Å²) in [4.78, 5) is 50.6. The third-order valence-electron chi connectivity index (χ3n) is 8.14. The van der Waals surface area contributed by atoms with Gasteiger partial charge in [-0.3, -0.25) is 24.2 Å². The summed E-state index contributed by atoms with van der Waals surface area (Å²) in [7, 11) is 0. The lowest BCUT2D eigenvalue weighted by molar-refractivity contribution is -0.154. The number of nitrogens with zero attached hydrogens (tertiary/aromatic N) is 4. The molecule has 1 aromatic heterocycles. The monoisotopic (exact) mass is 578 g/mol. The molecule has 220 valence electrons. The van der Waals surface area contributed by atoms with Crippen LogP contribution in [0.5, 0.6) is 0 Å². The van der Waals surface area contributed by atoms with Crippen LogP contribution < -0.4 is 9.80 Å². The van der Waals surface area contributed by atoms with Crippen molar-refractivity contribution in [2.75, 3.05) is 16.3 Å². The highest BCUT2D eigenvalue weighted by Crippen LogP contribution is 2.43. The molecular formula is C32H33F3N4O3. The van der Waals surface area contributed by atoms with E-state index < -0.39 is 54.5 Å². The van der Waals surface area contributed by atoms with E-state index in [2.05, 4.69) is 4.98 Å². The second kappa shape index (κ2) is 11.6. The van der Waals surface area contributed by atoms with Gasteiger partial charge in [0.05, 0.1) is 0 Å². The molecule has 0 bridgehead atoms. The number of carbonyl (C=O) groups is 3. The fraction of sp³-hybridized carbons (Fsp3) is 0.375. The summed E-state index contributed by atoms with van der Waals surface area (Å²) < 4.78 is 42.5. The molecule has 5 rings (SSSR count). The number of hydrogen-bond donors (Lipinski definition) is 0. The number of likely N-dealkylation sites (N-methyl/N-ethyl adjacent to an activating group) is 1. The number of amides is 3. The Labute approximate surface area is 242 Å². The topological polar surface area (TPSA) is 73.8 Å². The number of hydrogen-bond acceptors (Lipinski definition) is 4. The molecule has 0 radical (unpaired) electrons. The van der Waals surface area contributed by atoms with Gasteiger partial charge < -0.3 is 4.90 Å². The van der Waals surface area contributed by atoms with Crippen molar-refractivity contribution < 1.29 is 27.6 Å². The molecule has 3 amide bonds. The first-order valence-corrected chi connectivity index (χ1v) is 14.1. The number of carbonyl (C=O) groups excluding carboxylic acids is 3.